The summed E-state index contributed by atoms with van der Waals surface area (Å²) in [5.74, 6) is 2.69. The molecule has 23 heavy (non-hydrogen) atoms. The number of ether oxygens (including phenoxy) is 2. The Morgan fingerprint density at radius 3 is 2.74 bits per heavy atom. The third-order valence-electron chi connectivity index (χ3n) is 4.07. The lowest BCUT2D eigenvalue weighted by molar-refractivity contribution is -0.132. The summed E-state index contributed by atoms with van der Waals surface area (Å²) in [7, 11) is 1.61. The van der Waals surface area contributed by atoms with Crippen LogP contribution in [-0.2, 0) is 4.79 Å². The number of aromatic amines is 1. The Kier molecular flexibility index (Phi) is 4.50. The highest BCUT2D eigenvalue weighted by Gasteiger charge is 2.29. The van der Waals surface area contributed by atoms with Crippen LogP contribution in [0.2, 0.25) is 0 Å². The van der Waals surface area contributed by atoms with E-state index in [2.05, 4.69) is 9.97 Å². The number of carbonyl (C=O) groups excluding carboxylic acids is 1. The summed E-state index contributed by atoms with van der Waals surface area (Å²) in [5, 5.41) is 0. The summed E-state index contributed by atoms with van der Waals surface area (Å²) in [6.07, 6.45) is 2.76. The lowest BCUT2D eigenvalue weighted by atomic mass is 10.1. The second kappa shape index (κ2) is 6.73. The molecule has 122 valence electrons. The van der Waals surface area contributed by atoms with Crippen LogP contribution >= 0.6 is 0 Å². The van der Waals surface area contributed by atoms with Crippen molar-refractivity contribution < 1.29 is 14.3 Å². The second-order valence-electron chi connectivity index (χ2n) is 5.74. The van der Waals surface area contributed by atoms with Gasteiger partial charge in [-0.05, 0) is 37.6 Å². The molecule has 1 aliphatic heterocycles. The van der Waals surface area contributed by atoms with Crippen molar-refractivity contribution in [3.63, 3.8) is 0 Å². The molecule has 1 aliphatic rings. The SMILES string of the molecule is COc1ccc(OCC(=O)N2CC[C@H](c3ncc(C)[nH]3)C2)cc1. The minimum atomic E-state index is 0.00611. The van der Waals surface area contributed by atoms with Crippen LogP contribution in [0.4, 0.5) is 0 Å². The molecule has 0 spiro atoms. The molecule has 0 saturated carbocycles. The number of likely N-dealkylation sites (tertiary alicyclic amines) is 1. The Bertz CT molecular complexity index is 666. The monoisotopic (exact) mass is 315 g/mol. The molecule has 1 atom stereocenters. The standard InChI is InChI=1S/C17H21N3O3/c1-12-9-18-17(19-12)13-7-8-20(10-13)16(21)11-23-15-5-3-14(22-2)4-6-15/h3-6,9,13H,7-8,10-11H2,1-2H3,(H,18,19)/t13-/m0/s1. The molecule has 1 aromatic carbocycles. The van der Waals surface area contributed by atoms with Crippen LogP contribution in [0.15, 0.2) is 30.5 Å². The number of carbonyl (C=O) groups is 1. The maximum Gasteiger partial charge on any atom is 0.260 e. The largest absolute Gasteiger partial charge is 0.497 e. The number of H-pyrrole nitrogens is 1. The maximum absolute atomic E-state index is 12.3. The highest BCUT2D eigenvalue weighted by molar-refractivity contribution is 5.78. The molecule has 1 aromatic heterocycles. The van der Waals surface area contributed by atoms with Crippen molar-refractivity contribution >= 4 is 5.91 Å². The van der Waals surface area contributed by atoms with Gasteiger partial charge in [-0.3, -0.25) is 4.79 Å². The molecule has 1 fully saturated rings. The van der Waals surface area contributed by atoms with Crippen molar-refractivity contribution in [3.05, 3.63) is 42.0 Å². The lowest BCUT2D eigenvalue weighted by Crippen LogP contribution is -2.32. The molecule has 2 aromatic rings. The summed E-state index contributed by atoms with van der Waals surface area (Å²) >= 11 is 0. The summed E-state index contributed by atoms with van der Waals surface area (Å²) in [6, 6.07) is 7.21. The number of methoxy groups -OCH3 is 1. The van der Waals surface area contributed by atoms with Crippen molar-refractivity contribution in [2.24, 2.45) is 0 Å². The first-order valence-corrected chi connectivity index (χ1v) is 7.72. The molecule has 3 rings (SSSR count). The molecule has 0 bridgehead atoms. The van der Waals surface area contributed by atoms with Gasteiger partial charge in [0.2, 0.25) is 0 Å². The molecule has 0 radical (unpaired) electrons. The van der Waals surface area contributed by atoms with E-state index < -0.39 is 0 Å². The van der Waals surface area contributed by atoms with Crippen molar-refractivity contribution in [3.8, 4) is 11.5 Å². The van der Waals surface area contributed by atoms with Gasteiger partial charge in [0.05, 0.1) is 7.11 Å². The van der Waals surface area contributed by atoms with Gasteiger partial charge in [-0.1, -0.05) is 0 Å². The fraction of sp³-hybridized carbons (Fsp3) is 0.412. The van der Waals surface area contributed by atoms with E-state index in [0.29, 0.717) is 12.3 Å². The van der Waals surface area contributed by atoms with Crippen LogP contribution in [0.1, 0.15) is 23.9 Å². The van der Waals surface area contributed by atoms with Gasteiger partial charge in [0.1, 0.15) is 17.3 Å². The van der Waals surface area contributed by atoms with Gasteiger partial charge in [0, 0.05) is 30.9 Å². The van der Waals surface area contributed by atoms with Gasteiger partial charge in [-0.15, -0.1) is 0 Å². The fourth-order valence-electron chi connectivity index (χ4n) is 2.76. The average molecular weight is 315 g/mol. The Labute approximate surface area is 135 Å². The first kappa shape index (κ1) is 15.4. The molecule has 1 N–H and O–H groups in total. The normalized spacial score (nSPS) is 17.3. The van der Waals surface area contributed by atoms with E-state index in [4.69, 9.17) is 9.47 Å². The molecule has 6 nitrogen and oxygen atoms in total. The van der Waals surface area contributed by atoms with E-state index in [9.17, 15) is 4.79 Å². The minimum Gasteiger partial charge on any atom is -0.497 e. The zero-order valence-electron chi connectivity index (χ0n) is 13.4. The number of nitrogens with one attached hydrogen (secondary N) is 1. The van der Waals surface area contributed by atoms with Crippen molar-refractivity contribution in [1.29, 1.82) is 0 Å². The number of imidazole rings is 1. The van der Waals surface area contributed by atoms with Gasteiger partial charge < -0.3 is 19.4 Å². The van der Waals surface area contributed by atoms with Gasteiger partial charge >= 0.3 is 0 Å². The number of aryl methyl sites for hydroxylation is 1. The zero-order valence-corrected chi connectivity index (χ0v) is 13.4. The van der Waals surface area contributed by atoms with Crippen LogP contribution in [0.25, 0.3) is 0 Å². The topological polar surface area (TPSA) is 67.5 Å². The van der Waals surface area contributed by atoms with E-state index in [1.807, 2.05) is 30.2 Å². The summed E-state index contributed by atoms with van der Waals surface area (Å²) in [5.41, 5.74) is 1.05. The summed E-state index contributed by atoms with van der Waals surface area (Å²) < 4.78 is 10.6. The van der Waals surface area contributed by atoms with Crippen LogP contribution in [0, 0.1) is 6.92 Å². The zero-order chi connectivity index (χ0) is 16.2. The summed E-state index contributed by atoms with van der Waals surface area (Å²) in [6.45, 7) is 3.47. The molecule has 1 amide bonds. The predicted octanol–water partition coefficient (Wildman–Crippen LogP) is 2.12. The number of amides is 1. The van der Waals surface area contributed by atoms with Crippen molar-refractivity contribution in [2.75, 3.05) is 26.8 Å². The maximum atomic E-state index is 12.3. The van der Waals surface area contributed by atoms with E-state index in [0.717, 1.165) is 30.2 Å². The van der Waals surface area contributed by atoms with E-state index in [1.54, 1.807) is 19.2 Å². The van der Waals surface area contributed by atoms with Gasteiger partial charge in [0.15, 0.2) is 6.61 Å². The van der Waals surface area contributed by atoms with Crippen LogP contribution in [0.5, 0.6) is 11.5 Å². The van der Waals surface area contributed by atoms with Crippen molar-refractivity contribution in [1.82, 2.24) is 14.9 Å². The van der Waals surface area contributed by atoms with E-state index >= 15 is 0 Å². The van der Waals surface area contributed by atoms with E-state index in [1.165, 1.54) is 0 Å². The van der Waals surface area contributed by atoms with Gasteiger partial charge in [-0.2, -0.15) is 0 Å². The number of hydrogen-bond donors (Lipinski definition) is 1. The first-order valence-electron chi connectivity index (χ1n) is 7.72. The third-order valence-corrected chi connectivity index (χ3v) is 4.07. The summed E-state index contributed by atoms with van der Waals surface area (Å²) in [4.78, 5) is 21.7. The number of hydrogen-bond acceptors (Lipinski definition) is 4. The Morgan fingerprint density at radius 1 is 1.35 bits per heavy atom. The number of aromatic nitrogens is 2. The molecule has 0 aliphatic carbocycles. The fourth-order valence-corrected chi connectivity index (χ4v) is 2.76. The molecular weight excluding hydrogens is 294 g/mol. The molecule has 1 saturated heterocycles. The molecular formula is C17H21N3O3. The smallest absolute Gasteiger partial charge is 0.260 e. The average Bonchev–Trinajstić information content (AvgIpc) is 3.22. The van der Waals surface area contributed by atoms with Gasteiger partial charge in [0.25, 0.3) is 5.91 Å². The van der Waals surface area contributed by atoms with Crippen molar-refractivity contribution in [2.45, 2.75) is 19.3 Å². The highest BCUT2D eigenvalue weighted by Crippen LogP contribution is 2.25. The molecule has 6 heteroatoms. The second-order valence-corrected chi connectivity index (χ2v) is 5.74. The number of nitrogens with zero attached hydrogens (tertiary/aromatic N) is 2. The Morgan fingerprint density at radius 2 is 2.09 bits per heavy atom. The van der Waals surface area contributed by atoms with Crippen LogP contribution < -0.4 is 9.47 Å². The van der Waals surface area contributed by atoms with Crippen LogP contribution in [-0.4, -0.2) is 47.6 Å². The number of rotatable bonds is 5. The Balaban J connectivity index is 1.50. The predicted molar refractivity (Wildman–Crippen MR) is 85.8 cm³/mol. The molecule has 0 unspecified atom stereocenters. The lowest BCUT2D eigenvalue weighted by Gasteiger charge is -2.16. The molecule has 2 heterocycles. The first-order chi connectivity index (χ1) is 11.2. The van der Waals surface area contributed by atoms with Crippen LogP contribution in [0.3, 0.4) is 0 Å². The van der Waals surface area contributed by atoms with E-state index in [-0.39, 0.29) is 18.4 Å². The Hall–Kier alpha value is -2.50. The van der Waals surface area contributed by atoms with Gasteiger partial charge in [-0.25, -0.2) is 4.98 Å². The third kappa shape index (κ3) is 3.64. The minimum absolute atomic E-state index is 0.00611. The highest BCUT2D eigenvalue weighted by atomic mass is 16.5. The number of benzene rings is 1. The quantitative estimate of drug-likeness (QED) is 0.918.